The summed E-state index contributed by atoms with van der Waals surface area (Å²) in [6.45, 7) is 3.85. The van der Waals surface area contributed by atoms with Crippen LogP contribution in [0.25, 0.3) is 0 Å². The molecule has 0 spiro atoms. The lowest BCUT2D eigenvalue weighted by Gasteiger charge is -2.24. The van der Waals surface area contributed by atoms with E-state index in [9.17, 15) is 14.4 Å². The highest BCUT2D eigenvalue weighted by Crippen LogP contribution is 2.15. The molecule has 1 N–H and O–H groups in total. The molecule has 0 aliphatic heterocycles. The van der Waals surface area contributed by atoms with Gasteiger partial charge in [0.2, 0.25) is 0 Å². The Morgan fingerprint density at radius 1 is 0.955 bits per heavy atom. The maximum absolute atomic E-state index is 10.8. The number of benzene rings is 1. The minimum Gasteiger partial charge on any atom is -0.478 e. The van der Waals surface area contributed by atoms with Crippen molar-refractivity contribution in [3.05, 3.63) is 29.8 Å². The molecule has 0 aliphatic rings. The third kappa shape index (κ3) is 6.25. The second-order valence-corrected chi connectivity index (χ2v) is 4.52. The third-order valence-electron chi connectivity index (χ3n) is 2.81. The van der Waals surface area contributed by atoms with Crippen molar-refractivity contribution in [2.24, 2.45) is 0 Å². The Kier molecular flexibility index (Phi) is 6.88. The van der Waals surface area contributed by atoms with Gasteiger partial charge in [-0.3, -0.25) is 9.59 Å². The number of esters is 2. The summed E-state index contributed by atoms with van der Waals surface area (Å²) in [5, 5.41) is 8.89. The zero-order chi connectivity index (χ0) is 16.5. The first-order valence-electron chi connectivity index (χ1n) is 6.75. The number of hydrogen-bond donors (Lipinski definition) is 1. The van der Waals surface area contributed by atoms with Gasteiger partial charge in [0.15, 0.2) is 0 Å². The van der Waals surface area contributed by atoms with E-state index in [0.717, 1.165) is 5.69 Å². The van der Waals surface area contributed by atoms with Gasteiger partial charge < -0.3 is 19.5 Å². The Morgan fingerprint density at radius 2 is 1.41 bits per heavy atom. The van der Waals surface area contributed by atoms with Crippen molar-refractivity contribution >= 4 is 23.6 Å². The van der Waals surface area contributed by atoms with Gasteiger partial charge >= 0.3 is 17.9 Å². The van der Waals surface area contributed by atoms with Crippen LogP contribution in [0.1, 0.15) is 24.2 Å². The molecule has 0 aliphatic carbocycles. The van der Waals surface area contributed by atoms with Crippen molar-refractivity contribution in [1.82, 2.24) is 0 Å². The highest BCUT2D eigenvalue weighted by Gasteiger charge is 2.10. The van der Waals surface area contributed by atoms with Crippen molar-refractivity contribution < 1.29 is 29.0 Å². The number of carbonyl (C=O) groups is 3. The van der Waals surface area contributed by atoms with Gasteiger partial charge in [0, 0.05) is 19.5 Å². The molecule has 1 aromatic carbocycles. The number of ether oxygens (including phenoxy) is 2. The lowest BCUT2D eigenvalue weighted by Crippen LogP contribution is -2.31. The summed E-state index contributed by atoms with van der Waals surface area (Å²) >= 11 is 0. The standard InChI is InChI=1S/C15H19NO6/c1-11(17)21-9-7-16(8-10-22-12(2)18)14-5-3-13(4-6-14)15(19)20/h3-6H,7-10H2,1-2H3,(H,19,20). The van der Waals surface area contributed by atoms with Crippen LogP contribution in [0.15, 0.2) is 24.3 Å². The maximum atomic E-state index is 10.8. The quantitative estimate of drug-likeness (QED) is 0.724. The van der Waals surface area contributed by atoms with Crippen LogP contribution in [-0.4, -0.2) is 49.3 Å². The fourth-order valence-corrected chi connectivity index (χ4v) is 1.78. The number of anilines is 1. The van der Waals surface area contributed by atoms with E-state index in [4.69, 9.17) is 14.6 Å². The van der Waals surface area contributed by atoms with E-state index >= 15 is 0 Å². The molecule has 22 heavy (non-hydrogen) atoms. The molecule has 0 amide bonds. The summed E-state index contributed by atoms with van der Waals surface area (Å²) in [5.74, 6) is -1.75. The van der Waals surface area contributed by atoms with Crippen LogP contribution in [-0.2, 0) is 19.1 Å². The number of nitrogens with zero attached hydrogens (tertiary/aromatic N) is 1. The Balaban J connectivity index is 2.71. The highest BCUT2D eigenvalue weighted by molar-refractivity contribution is 5.88. The van der Waals surface area contributed by atoms with Gasteiger partial charge in [-0.25, -0.2) is 4.79 Å². The fourth-order valence-electron chi connectivity index (χ4n) is 1.78. The second kappa shape index (κ2) is 8.66. The molecule has 1 aromatic rings. The van der Waals surface area contributed by atoms with Crippen molar-refractivity contribution in [3.63, 3.8) is 0 Å². The number of hydrogen-bond acceptors (Lipinski definition) is 6. The topological polar surface area (TPSA) is 93.1 Å². The summed E-state index contributed by atoms with van der Waals surface area (Å²) in [5.41, 5.74) is 0.938. The largest absolute Gasteiger partial charge is 0.478 e. The molecule has 7 heteroatoms. The van der Waals surface area contributed by atoms with E-state index in [2.05, 4.69) is 0 Å². The van der Waals surface area contributed by atoms with Crippen molar-refractivity contribution in [3.8, 4) is 0 Å². The van der Waals surface area contributed by atoms with Crippen LogP contribution in [0, 0.1) is 0 Å². The minimum atomic E-state index is -1.00. The molecule has 0 radical (unpaired) electrons. The van der Waals surface area contributed by atoms with Gasteiger partial charge in [0.25, 0.3) is 0 Å². The van der Waals surface area contributed by atoms with Gasteiger partial charge in [-0.2, -0.15) is 0 Å². The molecule has 1 rings (SSSR count). The summed E-state index contributed by atoms with van der Waals surface area (Å²) in [6, 6.07) is 6.29. The zero-order valence-corrected chi connectivity index (χ0v) is 12.6. The Morgan fingerprint density at radius 3 is 1.77 bits per heavy atom. The van der Waals surface area contributed by atoms with Gasteiger partial charge in [-0.05, 0) is 24.3 Å². The van der Waals surface area contributed by atoms with Crippen LogP contribution in [0.5, 0.6) is 0 Å². The summed E-state index contributed by atoms with van der Waals surface area (Å²) < 4.78 is 9.80. The average molecular weight is 309 g/mol. The van der Waals surface area contributed by atoms with E-state index < -0.39 is 5.97 Å². The highest BCUT2D eigenvalue weighted by atomic mass is 16.5. The van der Waals surface area contributed by atoms with Gasteiger partial charge in [-0.1, -0.05) is 0 Å². The molecule has 0 aromatic heterocycles. The van der Waals surface area contributed by atoms with Crippen molar-refractivity contribution in [1.29, 1.82) is 0 Å². The van der Waals surface area contributed by atoms with Crippen LogP contribution >= 0.6 is 0 Å². The monoisotopic (exact) mass is 309 g/mol. The Bertz CT molecular complexity index is 505. The van der Waals surface area contributed by atoms with Crippen LogP contribution < -0.4 is 4.90 Å². The molecular formula is C15H19NO6. The van der Waals surface area contributed by atoms with E-state index in [-0.39, 0.29) is 30.7 Å². The van der Waals surface area contributed by atoms with Crippen molar-refractivity contribution in [2.45, 2.75) is 13.8 Å². The molecule has 0 atom stereocenters. The van der Waals surface area contributed by atoms with E-state index in [1.165, 1.54) is 26.0 Å². The molecule has 7 nitrogen and oxygen atoms in total. The summed E-state index contributed by atoms with van der Waals surface area (Å²) in [4.78, 5) is 34.3. The summed E-state index contributed by atoms with van der Waals surface area (Å²) in [7, 11) is 0. The molecule has 0 unspecified atom stereocenters. The maximum Gasteiger partial charge on any atom is 0.335 e. The van der Waals surface area contributed by atoms with Crippen LogP contribution in [0.3, 0.4) is 0 Å². The number of carboxylic acid groups (broad SMARTS) is 1. The predicted molar refractivity (Wildman–Crippen MR) is 78.9 cm³/mol. The summed E-state index contributed by atoms with van der Waals surface area (Å²) in [6.07, 6.45) is 0. The molecule has 0 heterocycles. The van der Waals surface area contributed by atoms with Gasteiger partial charge in [0.1, 0.15) is 13.2 Å². The van der Waals surface area contributed by atoms with E-state index in [0.29, 0.717) is 13.1 Å². The Hall–Kier alpha value is -2.57. The molecule has 0 fully saturated rings. The van der Waals surface area contributed by atoms with E-state index in [1.807, 2.05) is 4.90 Å². The van der Waals surface area contributed by atoms with E-state index in [1.54, 1.807) is 12.1 Å². The number of rotatable bonds is 8. The van der Waals surface area contributed by atoms with Gasteiger partial charge in [0.05, 0.1) is 18.7 Å². The average Bonchev–Trinajstić information content (AvgIpc) is 2.45. The second-order valence-electron chi connectivity index (χ2n) is 4.52. The molecule has 0 bridgehead atoms. The number of carboxylic acids is 1. The predicted octanol–water partition coefficient (Wildman–Crippen LogP) is 1.32. The number of aromatic carboxylic acids is 1. The molecule has 120 valence electrons. The van der Waals surface area contributed by atoms with Crippen molar-refractivity contribution in [2.75, 3.05) is 31.2 Å². The lowest BCUT2D eigenvalue weighted by atomic mass is 10.2. The lowest BCUT2D eigenvalue weighted by molar-refractivity contribution is -0.141. The first-order chi connectivity index (χ1) is 10.4. The first-order valence-corrected chi connectivity index (χ1v) is 6.75. The van der Waals surface area contributed by atoms with Gasteiger partial charge in [-0.15, -0.1) is 0 Å². The molecular weight excluding hydrogens is 290 g/mol. The normalized spacial score (nSPS) is 9.91. The zero-order valence-electron chi connectivity index (χ0n) is 12.6. The third-order valence-corrected chi connectivity index (χ3v) is 2.81. The minimum absolute atomic E-state index is 0.184. The smallest absolute Gasteiger partial charge is 0.335 e. The van der Waals surface area contributed by atoms with Crippen LogP contribution in [0.2, 0.25) is 0 Å². The number of carbonyl (C=O) groups excluding carboxylic acids is 2. The molecule has 0 saturated heterocycles. The van der Waals surface area contributed by atoms with Crippen LogP contribution in [0.4, 0.5) is 5.69 Å². The Labute approximate surface area is 128 Å². The SMILES string of the molecule is CC(=O)OCCN(CCOC(C)=O)c1ccc(C(=O)O)cc1. The first kappa shape index (κ1) is 17.5. The molecule has 0 saturated carbocycles. The fraction of sp³-hybridized carbons (Fsp3) is 0.400.